The lowest BCUT2D eigenvalue weighted by Gasteiger charge is -2.30. The van der Waals surface area contributed by atoms with E-state index in [1.807, 2.05) is 30.3 Å². The number of carbonyl (C=O) groups excluding carboxylic acids is 2. The predicted molar refractivity (Wildman–Crippen MR) is 102 cm³/mol. The van der Waals surface area contributed by atoms with Gasteiger partial charge in [-0.05, 0) is 48.6 Å². The molecule has 0 saturated carbocycles. The number of carbonyl (C=O) groups is 2. The van der Waals surface area contributed by atoms with Crippen LogP contribution < -0.4 is 4.74 Å². The Labute approximate surface area is 159 Å². The molecule has 5 heteroatoms. The van der Waals surface area contributed by atoms with Gasteiger partial charge < -0.3 is 14.4 Å². The molecule has 2 aromatic carbocycles. The molecule has 1 atom stereocenters. The highest BCUT2D eigenvalue weighted by Gasteiger charge is 2.22. The molecule has 1 amide bonds. The molecule has 1 aliphatic heterocycles. The highest BCUT2D eigenvalue weighted by molar-refractivity contribution is 5.91. The standard InChI is InChI=1S/C22H25NO4/c1-17-6-5-13-23(14-17)21(24)16-27-22(25)19-9-11-20(12-10-19)26-15-18-7-3-2-4-8-18/h2-4,7-12,17H,5-6,13-16H2,1H3/t17-/m1/s1. The summed E-state index contributed by atoms with van der Waals surface area (Å²) in [6, 6.07) is 16.6. The van der Waals surface area contributed by atoms with Crippen LogP contribution in [-0.2, 0) is 16.1 Å². The maximum Gasteiger partial charge on any atom is 0.338 e. The van der Waals surface area contributed by atoms with Gasteiger partial charge in [-0.3, -0.25) is 4.79 Å². The molecule has 0 aromatic heterocycles. The summed E-state index contributed by atoms with van der Waals surface area (Å²) in [5.74, 6) is 0.552. The van der Waals surface area contributed by atoms with Crippen molar-refractivity contribution in [2.75, 3.05) is 19.7 Å². The van der Waals surface area contributed by atoms with Crippen LogP contribution in [0.4, 0.5) is 0 Å². The molecule has 27 heavy (non-hydrogen) atoms. The Hall–Kier alpha value is -2.82. The van der Waals surface area contributed by atoms with E-state index in [9.17, 15) is 9.59 Å². The molecule has 1 fully saturated rings. The smallest absolute Gasteiger partial charge is 0.338 e. The fraction of sp³-hybridized carbons (Fsp3) is 0.364. The van der Waals surface area contributed by atoms with Crippen molar-refractivity contribution in [1.29, 1.82) is 0 Å². The lowest BCUT2D eigenvalue weighted by molar-refractivity contribution is -0.136. The molecule has 1 aliphatic rings. The van der Waals surface area contributed by atoms with E-state index in [-0.39, 0.29) is 12.5 Å². The zero-order chi connectivity index (χ0) is 19.1. The summed E-state index contributed by atoms with van der Waals surface area (Å²) in [5.41, 5.74) is 1.48. The third kappa shape index (κ3) is 5.58. The molecule has 0 aliphatic carbocycles. The number of rotatable bonds is 6. The molecule has 1 saturated heterocycles. The minimum Gasteiger partial charge on any atom is -0.489 e. The molecular weight excluding hydrogens is 342 g/mol. The Kier molecular flexibility index (Phi) is 6.47. The fourth-order valence-electron chi connectivity index (χ4n) is 3.15. The second-order valence-corrected chi connectivity index (χ2v) is 6.96. The normalized spacial score (nSPS) is 16.6. The number of hydrogen-bond donors (Lipinski definition) is 0. The molecular formula is C22H25NO4. The average Bonchev–Trinajstić information content (AvgIpc) is 2.71. The van der Waals surface area contributed by atoms with E-state index in [1.54, 1.807) is 29.2 Å². The molecule has 2 aromatic rings. The summed E-state index contributed by atoms with van der Waals surface area (Å²) >= 11 is 0. The molecule has 0 unspecified atom stereocenters. The van der Waals surface area contributed by atoms with Crippen molar-refractivity contribution >= 4 is 11.9 Å². The van der Waals surface area contributed by atoms with Gasteiger partial charge in [-0.1, -0.05) is 37.3 Å². The van der Waals surface area contributed by atoms with Gasteiger partial charge in [0.1, 0.15) is 12.4 Å². The Morgan fingerprint density at radius 2 is 1.81 bits per heavy atom. The van der Waals surface area contributed by atoms with Crippen LogP contribution in [0.5, 0.6) is 5.75 Å². The Morgan fingerprint density at radius 3 is 2.52 bits per heavy atom. The first-order chi connectivity index (χ1) is 13.1. The van der Waals surface area contributed by atoms with Gasteiger partial charge in [0.05, 0.1) is 5.56 Å². The maximum atomic E-state index is 12.2. The third-order valence-corrected chi connectivity index (χ3v) is 4.67. The van der Waals surface area contributed by atoms with Gasteiger partial charge in [-0.2, -0.15) is 0 Å². The van der Waals surface area contributed by atoms with E-state index in [0.29, 0.717) is 23.8 Å². The second-order valence-electron chi connectivity index (χ2n) is 6.96. The van der Waals surface area contributed by atoms with Gasteiger partial charge >= 0.3 is 5.97 Å². The predicted octanol–water partition coefficient (Wildman–Crippen LogP) is 3.68. The number of likely N-dealkylation sites (tertiary alicyclic amines) is 1. The summed E-state index contributed by atoms with van der Waals surface area (Å²) < 4.78 is 10.9. The Morgan fingerprint density at radius 1 is 1.07 bits per heavy atom. The van der Waals surface area contributed by atoms with Crippen LogP contribution in [0.15, 0.2) is 54.6 Å². The maximum absolute atomic E-state index is 12.2. The number of nitrogens with zero attached hydrogens (tertiary/aromatic N) is 1. The minimum atomic E-state index is -0.497. The van der Waals surface area contributed by atoms with Crippen LogP contribution in [0.25, 0.3) is 0 Å². The monoisotopic (exact) mass is 367 g/mol. The van der Waals surface area contributed by atoms with Crippen LogP contribution in [0.3, 0.4) is 0 Å². The topological polar surface area (TPSA) is 55.8 Å². The molecule has 5 nitrogen and oxygen atoms in total. The van der Waals surface area contributed by atoms with E-state index in [4.69, 9.17) is 9.47 Å². The van der Waals surface area contributed by atoms with Crippen molar-refractivity contribution in [2.45, 2.75) is 26.4 Å². The molecule has 0 spiro atoms. The molecule has 1 heterocycles. The SMILES string of the molecule is C[C@@H]1CCCN(C(=O)COC(=O)c2ccc(OCc3ccccc3)cc2)C1. The summed E-state index contributed by atoms with van der Waals surface area (Å²) in [7, 11) is 0. The molecule has 0 bridgehead atoms. The van der Waals surface area contributed by atoms with Crippen molar-refractivity contribution in [3.8, 4) is 5.75 Å². The van der Waals surface area contributed by atoms with Crippen molar-refractivity contribution < 1.29 is 19.1 Å². The molecule has 3 rings (SSSR count). The second kappa shape index (κ2) is 9.21. The van der Waals surface area contributed by atoms with E-state index >= 15 is 0 Å². The first kappa shape index (κ1) is 19.0. The van der Waals surface area contributed by atoms with Crippen molar-refractivity contribution in [1.82, 2.24) is 4.90 Å². The molecule has 0 radical (unpaired) electrons. The number of ether oxygens (including phenoxy) is 2. The van der Waals surface area contributed by atoms with Crippen molar-refractivity contribution in [3.05, 3.63) is 65.7 Å². The van der Waals surface area contributed by atoms with Gasteiger partial charge in [-0.15, -0.1) is 0 Å². The summed E-state index contributed by atoms with van der Waals surface area (Å²) in [5, 5.41) is 0. The van der Waals surface area contributed by atoms with Gasteiger partial charge in [-0.25, -0.2) is 4.79 Å². The quantitative estimate of drug-likeness (QED) is 0.731. The third-order valence-electron chi connectivity index (χ3n) is 4.67. The average molecular weight is 367 g/mol. The van der Waals surface area contributed by atoms with E-state index in [1.165, 1.54) is 0 Å². The fourth-order valence-corrected chi connectivity index (χ4v) is 3.15. The van der Waals surface area contributed by atoms with E-state index in [2.05, 4.69) is 6.92 Å². The van der Waals surface area contributed by atoms with E-state index < -0.39 is 5.97 Å². The van der Waals surface area contributed by atoms with Crippen LogP contribution in [-0.4, -0.2) is 36.5 Å². The Balaban J connectivity index is 1.46. The van der Waals surface area contributed by atoms with Gasteiger partial charge in [0.2, 0.25) is 0 Å². The minimum absolute atomic E-state index is 0.127. The zero-order valence-electron chi connectivity index (χ0n) is 15.6. The first-order valence-corrected chi connectivity index (χ1v) is 9.33. The summed E-state index contributed by atoms with van der Waals surface area (Å²) in [4.78, 5) is 26.1. The molecule has 0 N–H and O–H groups in total. The lowest BCUT2D eigenvalue weighted by atomic mass is 10.0. The Bertz CT molecular complexity index is 758. The van der Waals surface area contributed by atoms with Crippen molar-refractivity contribution in [3.63, 3.8) is 0 Å². The lowest BCUT2D eigenvalue weighted by Crippen LogP contribution is -2.41. The first-order valence-electron chi connectivity index (χ1n) is 9.33. The van der Waals surface area contributed by atoms with Crippen LogP contribution in [0.1, 0.15) is 35.7 Å². The summed E-state index contributed by atoms with van der Waals surface area (Å²) in [6.07, 6.45) is 2.15. The van der Waals surface area contributed by atoms with Gasteiger partial charge in [0.15, 0.2) is 6.61 Å². The van der Waals surface area contributed by atoms with Crippen LogP contribution >= 0.6 is 0 Å². The number of hydrogen-bond acceptors (Lipinski definition) is 4. The van der Waals surface area contributed by atoms with Crippen LogP contribution in [0.2, 0.25) is 0 Å². The van der Waals surface area contributed by atoms with Gasteiger partial charge in [0, 0.05) is 13.1 Å². The highest BCUT2D eigenvalue weighted by atomic mass is 16.5. The highest BCUT2D eigenvalue weighted by Crippen LogP contribution is 2.17. The number of esters is 1. The van der Waals surface area contributed by atoms with Gasteiger partial charge in [0.25, 0.3) is 5.91 Å². The molecule has 142 valence electrons. The summed E-state index contributed by atoms with van der Waals surface area (Å²) in [6.45, 7) is 3.87. The number of piperidine rings is 1. The largest absolute Gasteiger partial charge is 0.489 e. The zero-order valence-corrected chi connectivity index (χ0v) is 15.6. The number of benzene rings is 2. The van der Waals surface area contributed by atoms with Crippen LogP contribution in [0, 0.1) is 5.92 Å². The van der Waals surface area contributed by atoms with E-state index in [0.717, 1.165) is 31.5 Å². The van der Waals surface area contributed by atoms with Crippen molar-refractivity contribution in [2.24, 2.45) is 5.92 Å². The number of amides is 1.